The zero-order valence-corrected chi connectivity index (χ0v) is 16.4. The standard InChI is InChI=1S/C20H27N3O3S/c24-19(21-16-5-1-2-6-16)22-12-11-20(14-22)17-7-3-4-8-18(17)27(25,26)23(20)13-15-9-10-15/h3-4,7-8,15-16H,1-2,5-6,9-14H2,(H,21,24)/t20-/m0/s1. The number of urea groups is 1. The summed E-state index contributed by atoms with van der Waals surface area (Å²) in [7, 11) is -3.49. The van der Waals surface area contributed by atoms with Gasteiger partial charge in [0.1, 0.15) is 0 Å². The minimum atomic E-state index is -3.49. The quantitative estimate of drug-likeness (QED) is 0.864. The number of carbonyl (C=O) groups excluding carboxylic acids is 1. The van der Waals surface area contributed by atoms with Crippen molar-refractivity contribution in [3.63, 3.8) is 0 Å². The number of sulfonamides is 1. The number of rotatable bonds is 3. The van der Waals surface area contributed by atoms with E-state index in [2.05, 4.69) is 5.32 Å². The van der Waals surface area contributed by atoms with Gasteiger partial charge >= 0.3 is 6.03 Å². The first kappa shape index (κ1) is 17.5. The van der Waals surface area contributed by atoms with Crippen LogP contribution in [-0.2, 0) is 15.6 Å². The summed E-state index contributed by atoms with van der Waals surface area (Å²) in [4.78, 5) is 15.1. The lowest BCUT2D eigenvalue weighted by atomic mass is 9.88. The molecule has 3 fully saturated rings. The van der Waals surface area contributed by atoms with Crippen molar-refractivity contribution in [3.8, 4) is 0 Å². The van der Waals surface area contributed by atoms with E-state index in [0.29, 0.717) is 36.9 Å². The van der Waals surface area contributed by atoms with Gasteiger partial charge in [-0.05, 0) is 49.7 Å². The molecule has 0 radical (unpaired) electrons. The van der Waals surface area contributed by atoms with Crippen LogP contribution in [0, 0.1) is 5.92 Å². The average molecular weight is 390 g/mol. The highest BCUT2D eigenvalue weighted by Gasteiger charge is 2.58. The summed E-state index contributed by atoms with van der Waals surface area (Å²) in [6.45, 7) is 1.63. The minimum Gasteiger partial charge on any atom is -0.335 e. The minimum absolute atomic E-state index is 0.0353. The topological polar surface area (TPSA) is 69.7 Å². The van der Waals surface area contributed by atoms with Crippen LogP contribution in [0.3, 0.4) is 0 Å². The summed E-state index contributed by atoms with van der Waals surface area (Å²) in [5.41, 5.74) is 0.284. The van der Waals surface area contributed by atoms with E-state index >= 15 is 0 Å². The van der Waals surface area contributed by atoms with Crippen molar-refractivity contribution in [3.05, 3.63) is 29.8 Å². The van der Waals surface area contributed by atoms with Crippen molar-refractivity contribution >= 4 is 16.1 Å². The maximum absolute atomic E-state index is 13.3. The molecule has 2 heterocycles. The number of fused-ring (bicyclic) bond motifs is 2. The molecule has 0 aromatic heterocycles. The molecule has 27 heavy (non-hydrogen) atoms. The highest BCUT2D eigenvalue weighted by molar-refractivity contribution is 7.89. The number of likely N-dealkylation sites (tertiary alicyclic amines) is 1. The monoisotopic (exact) mass is 389 g/mol. The largest absolute Gasteiger partial charge is 0.335 e. The van der Waals surface area contributed by atoms with E-state index in [1.165, 1.54) is 12.8 Å². The van der Waals surface area contributed by atoms with Gasteiger partial charge in [-0.1, -0.05) is 31.0 Å². The van der Waals surface area contributed by atoms with Crippen molar-refractivity contribution in [1.29, 1.82) is 0 Å². The van der Waals surface area contributed by atoms with Crippen molar-refractivity contribution in [1.82, 2.24) is 14.5 Å². The molecule has 1 aromatic carbocycles. The summed E-state index contributed by atoms with van der Waals surface area (Å²) in [5, 5.41) is 3.16. The van der Waals surface area contributed by atoms with Gasteiger partial charge in [-0.15, -0.1) is 0 Å². The van der Waals surface area contributed by atoms with Gasteiger partial charge < -0.3 is 10.2 Å². The Labute approximate surface area is 161 Å². The van der Waals surface area contributed by atoms with Gasteiger partial charge in [-0.2, -0.15) is 4.31 Å². The van der Waals surface area contributed by atoms with Crippen molar-refractivity contribution in [2.75, 3.05) is 19.6 Å². The Morgan fingerprint density at radius 3 is 2.63 bits per heavy atom. The molecule has 1 atom stereocenters. The molecule has 7 heteroatoms. The fourth-order valence-electron chi connectivity index (χ4n) is 5.09. The second-order valence-corrected chi connectivity index (χ2v) is 10.4. The van der Waals surface area contributed by atoms with Crippen molar-refractivity contribution in [2.45, 2.75) is 61.4 Å². The maximum atomic E-state index is 13.3. The van der Waals surface area contributed by atoms with E-state index in [1.807, 2.05) is 17.0 Å². The van der Waals surface area contributed by atoms with Gasteiger partial charge in [0.2, 0.25) is 10.0 Å². The molecule has 2 amide bonds. The Kier molecular flexibility index (Phi) is 4.02. The lowest BCUT2D eigenvalue weighted by Gasteiger charge is -2.34. The van der Waals surface area contributed by atoms with E-state index in [4.69, 9.17) is 0 Å². The number of benzene rings is 1. The number of nitrogens with one attached hydrogen (secondary N) is 1. The maximum Gasteiger partial charge on any atom is 0.317 e. The second-order valence-electron chi connectivity index (χ2n) is 8.61. The van der Waals surface area contributed by atoms with Crippen LogP contribution in [0.5, 0.6) is 0 Å². The van der Waals surface area contributed by atoms with E-state index in [-0.39, 0.29) is 12.1 Å². The molecule has 0 bridgehead atoms. The molecule has 0 unspecified atom stereocenters. The molecule has 2 aliphatic heterocycles. The molecule has 1 saturated heterocycles. The third kappa shape index (κ3) is 2.78. The van der Waals surface area contributed by atoms with Crippen molar-refractivity contribution < 1.29 is 13.2 Å². The van der Waals surface area contributed by atoms with Crippen LogP contribution in [0.15, 0.2) is 29.2 Å². The molecule has 1 spiro atoms. The van der Waals surface area contributed by atoms with Crippen LogP contribution in [0.4, 0.5) is 4.79 Å². The highest BCUT2D eigenvalue weighted by Crippen LogP contribution is 2.51. The first-order chi connectivity index (χ1) is 13.0. The number of amides is 2. The zero-order chi connectivity index (χ0) is 18.6. The summed E-state index contributed by atoms with van der Waals surface area (Å²) in [5.74, 6) is 0.465. The number of nitrogens with zero attached hydrogens (tertiary/aromatic N) is 2. The SMILES string of the molecule is O=C(NC1CCCC1)N1CC[C@]2(C1)c1ccccc1S(=O)(=O)N2CC1CC1. The second kappa shape index (κ2) is 6.21. The third-order valence-corrected chi connectivity index (χ3v) is 8.76. The van der Waals surface area contributed by atoms with Crippen LogP contribution in [0.25, 0.3) is 0 Å². The summed E-state index contributed by atoms with van der Waals surface area (Å²) < 4.78 is 28.3. The first-order valence-corrected chi connectivity index (χ1v) is 11.6. The Bertz CT molecular complexity index is 861. The number of carbonyl (C=O) groups is 1. The normalized spacial score (nSPS) is 30.1. The molecule has 2 saturated carbocycles. The third-order valence-electron chi connectivity index (χ3n) is 6.77. The van der Waals surface area contributed by atoms with Crippen LogP contribution >= 0.6 is 0 Å². The summed E-state index contributed by atoms with van der Waals surface area (Å²) in [6.07, 6.45) is 7.33. The Morgan fingerprint density at radius 2 is 1.89 bits per heavy atom. The summed E-state index contributed by atoms with van der Waals surface area (Å²) in [6, 6.07) is 7.61. The van der Waals surface area contributed by atoms with Crippen LogP contribution in [0.2, 0.25) is 0 Å². The molecule has 2 aliphatic carbocycles. The predicted molar refractivity (Wildman–Crippen MR) is 102 cm³/mol. The average Bonchev–Trinajstić information content (AvgIpc) is 3.09. The lowest BCUT2D eigenvalue weighted by molar-refractivity contribution is 0.176. The Balaban J connectivity index is 1.45. The molecule has 146 valence electrons. The lowest BCUT2D eigenvalue weighted by Crippen LogP contribution is -2.49. The van der Waals surface area contributed by atoms with Crippen LogP contribution in [0.1, 0.15) is 50.5 Å². The zero-order valence-electron chi connectivity index (χ0n) is 15.6. The van der Waals surface area contributed by atoms with E-state index < -0.39 is 15.6 Å². The molecular formula is C20H27N3O3S. The highest BCUT2D eigenvalue weighted by atomic mass is 32.2. The predicted octanol–water partition coefficient (Wildman–Crippen LogP) is 2.65. The number of hydrogen-bond donors (Lipinski definition) is 1. The molecule has 1 N–H and O–H groups in total. The Hall–Kier alpha value is -1.60. The van der Waals surface area contributed by atoms with E-state index in [9.17, 15) is 13.2 Å². The number of hydrogen-bond acceptors (Lipinski definition) is 3. The van der Waals surface area contributed by atoms with Gasteiger partial charge in [-0.25, -0.2) is 13.2 Å². The fraction of sp³-hybridized carbons (Fsp3) is 0.650. The van der Waals surface area contributed by atoms with Crippen LogP contribution < -0.4 is 5.32 Å². The van der Waals surface area contributed by atoms with Gasteiger partial charge in [-0.3, -0.25) is 0 Å². The van der Waals surface area contributed by atoms with Gasteiger partial charge in [0.05, 0.1) is 10.4 Å². The Morgan fingerprint density at radius 1 is 1.15 bits per heavy atom. The van der Waals surface area contributed by atoms with Gasteiger partial charge in [0.25, 0.3) is 0 Å². The molecule has 1 aromatic rings. The summed E-state index contributed by atoms with van der Waals surface area (Å²) >= 11 is 0. The molecule has 6 nitrogen and oxygen atoms in total. The van der Waals surface area contributed by atoms with E-state index in [1.54, 1.807) is 16.4 Å². The molecule has 4 aliphatic rings. The van der Waals surface area contributed by atoms with Crippen molar-refractivity contribution in [2.24, 2.45) is 5.92 Å². The fourth-order valence-corrected chi connectivity index (χ4v) is 7.23. The van der Waals surface area contributed by atoms with Crippen LogP contribution in [-0.4, -0.2) is 49.3 Å². The molecular weight excluding hydrogens is 362 g/mol. The van der Waals surface area contributed by atoms with Gasteiger partial charge in [0.15, 0.2) is 0 Å². The van der Waals surface area contributed by atoms with Gasteiger partial charge in [0, 0.05) is 25.7 Å². The van der Waals surface area contributed by atoms with E-state index in [0.717, 1.165) is 31.2 Å². The smallest absolute Gasteiger partial charge is 0.317 e. The molecule has 5 rings (SSSR count). The first-order valence-electron chi connectivity index (χ1n) is 10.2.